The number of carboxylic acid groups (broad SMARTS) is 1. The second-order valence-electron chi connectivity index (χ2n) is 10.4. The predicted octanol–water partition coefficient (Wildman–Crippen LogP) is 5.48. The molecule has 2 aromatic carbocycles. The minimum absolute atomic E-state index is 0.0855. The van der Waals surface area contributed by atoms with Gasteiger partial charge in [-0.2, -0.15) is 0 Å². The van der Waals surface area contributed by atoms with Crippen LogP contribution in [0.25, 0.3) is 22.2 Å². The van der Waals surface area contributed by atoms with Gasteiger partial charge in [0.2, 0.25) is 11.8 Å². The standard InChI is InChI=1S/C29H23BrN2O4/c1-2-13-9-15(30)10-21-22(29(35)36)12-23(31-26(13)21)14-3-5-16(6-4-14)32-27(33)24-17-7-8-18(20-11-19(17)20)25(24)28(32)34/h3-10,12,17-20,24-25H,2,11H2,1H3,(H,35,36). The molecule has 2 amide bonds. The first-order chi connectivity index (χ1) is 17.4. The maximum Gasteiger partial charge on any atom is 0.336 e. The van der Waals surface area contributed by atoms with Crippen molar-refractivity contribution in [2.45, 2.75) is 19.8 Å². The molecule has 1 aromatic heterocycles. The number of carboxylic acids is 1. The number of pyridine rings is 1. The van der Waals surface area contributed by atoms with Gasteiger partial charge in [0.05, 0.1) is 34.3 Å². The molecule has 8 rings (SSSR count). The van der Waals surface area contributed by atoms with Gasteiger partial charge in [0.25, 0.3) is 0 Å². The number of aryl methyl sites for hydroxylation is 1. The fourth-order valence-corrected chi connectivity index (χ4v) is 7.45. The van der Waals surface area contributed by atoms with Crippen LogP contribution in [0.4, 0.5) is 5.69 Å². The van der Waals surface area contributed by atoms with Crippen molar-refractivity contribution in [1.29, 1.82) is 0 Å². The molecule has 6 atom stereocenters. The van der Waals surface area contributed by atoms with Gasteiger partial charge in [-0.3, -0.25) is 14.5 Å². The van der Waals surface area contributed by atoms with Gasteiger partial charge < -0.3 is 5.11 Å². The molecule has 0 spiro atoms. The lowest BCUT2D eigenvalue weighted by atomic mass is 9.63. The molecule has 1 aliphatic heterocycles. The lowest BCUT2D eigenvalue weighted by Gasteiger charge is -2.37. The minimum Gasteiger partial charge on any atom is -0.478 e. The number of fused-ring (bicyclic) bond motifs is 1. The summed E-state index contributed by atoms with van der Waals surface area (Å²) >= 11 is 3.48. The molecule has 5 aliphatic rings. The molecule has 2 saturated carbocycles. The number of aromatic carboxylic acids is 1. The molecule has 36 heavy (non-hydrogen) atoms. The van der Waals surface area contributed by atoms with Crippen molar-refractivity contribution in [2.75, 3.05) is 4.90 Å². The Hall–Kier alpha value is -3.32. The Morgan fingerprint density at radius 3 is 2.25 bits per heavy atom. The molecule has 4 aliphatic carbocycles. The van der Waals surface area contributed by atoms with Crippen molar-refractivity contribution in [1.82, 2.24) is 4.98 Å². The number of allylic oxidation sites excluding steroid dienone is 2. The average Bonchev–Trinajstić information content (AvgIpc) is 3.66. The van der Waals surface area contributed by atoms with E-state index in [1.54, 1.807) is 24.3 Å². The fourth-order valence-electron chi connectivity index (χ4n) is 6.95. The van der Waals surface area contributed by atoms with Crippen LogP contribution in [0.5, 0.6) is 0 Å². The third kappa shape index (κ3) is 2.95. The second kappa shape index (κ2) is 7.59. The highest BCUT2D eigenvalue weighted by atomic mass is 79.9. The number of benzene rings is 2. The van der Waals surface area contributed by atoms with Crippen LogP contribution in [0.2, 0.25) is 0 Å². The van der Waals surface area contributed by atoms with E-state index < -0.39 is 5.97 Å². The van der Waals surface area contributed by atoms with Crippen molar-refractivity contribution in [2.24, 2.45) is 35.5 Å². The number of carbonyl (C=O) groups is 3. The van der Waals surface area contributed by atoms with E-state index in [4.69, 9.17) is 4.98 Å². The predicted molar refractivity (Wildman–Crippen MR) is 138 cm³/mol. The summed E-state index contributed by atoms with van der Waals surface area (Å²) < 4.78 is 0.815. The van der Waals surface area contributed by atoms with Crippen molar-refractivity contribution >= 4 is 50.3 Å². The van der Waals surface area contributed by atoms with Crippen LogP contribution in [0, 0.1) is 35.5 Å². The number of aromatic nitrogens is 1. The Labute approximate surface area is 216 Å². The van der Waals surface area contributed by atoms with Crippen LogP contribution in [-0.2, 0) is 16.0 Å². The highest BCUT2D eigenvalue weighted by molar-refractivity contribution is 9.10. The van der Waals surface area contributed by atoms with Crippen molar-refractivity contribution in [3.63, 3.8) is 0 Å². The zero-order chi connectivity index (χ0) is 24.9. The molecule has 6 nitrogen and oxygen atoms in total. The van der Waals surface area contributed by atoms with Crippen LogP contribution >= 0.6 is 15.9 Å². The summed E-state index contributed by atoms with van der Waals surface area (Å²) in [6, 6.07) is 12.5. The third-order valence-electron chi connectivity index (χ3n) is 8.65. The van der Waals surface area contributed by atoms with Gasteiger partial charge in [-0.05, 0) is 72.4 Å². The van der Waals surface area contributed by atoms with E-state index in [1.165, 1.54) is 4.90 Å². The Morgan fingerprint density at radius 1 is 1.03 bits per heavy atom. The lowest BCUT2D eigenvalue weighted by molar-refractivity contribution is -0.124. The molecule has 2 heterocycles. The summed E-state index contributed by atoms with van der Waals surface area (Å²) in [5, 5.41) is 10.5. The highest BCUT2D eigenvalue weighted by Crippen LogP contribution is 2.65. The van der Waals surface area contributed by atoms with Gasteiger partial charge >= 0.3 is 5.97 Å². The Morgan fingerprint density at radius 2 is 1.67 bits per heavy atom. The summed E-state index contributed by atoms with van der Waals surface area (Å²) in [4.78, 5) is 45.1. The van der Waals surface area contributed by atoms with Crippen molar-refractivity contribution in [3.05, 3.63) is 70.2 Å². The summed E-state index contributed by atoms with van der Waals surface area (Å²) in [5.41, 5.74) is 3.64. The first-order valence-corrected chi connectivity index (χ1v) is 13.2. The zero-order valence-electron chi connectivity index (χ0n) is 19.5. The molecule has 6 unspecified atom stereocenters. The van der Waals surface area contributed by atoms with Gasteiger partial charge in [-0.1, -0.05) is 47.1 Å². The first kappa shape index (κ1) is 21.9. The number of anilines is 1. The summed E-state index contributed by atoms with van der Waals surface area (Å²) in [6.07, 6.45) is 6.20. The van der Waals surface area contributed by atoms with Gasteiger partial charge in [-0.25, -0.2) is 9.78 Å². The fraction of sp³-hybridized carbons (Fsp3) is 0.310. The highest BCUT2D eigenvalue weighted by Gasteiger charge is 2.67. The monoisotopic (exact) mass is 542 g/mol. The molecule has 3 fully saturated rings. The van der Waals surface area contributed by atoms with Crippen molar-refractivity contribution < 1.29 is 19.5 Å². The maximum atomic E-state index is 13.4. The largest absolute Gasteiger partial charge is 0.478 e. The lowest BCUT2D eigenvalue weighted by Crippen LogP contribution is -2.40. The molecule has 7 heteroatoms. The minimum atomic E-state index is -1.02. The van der Waals surface area contributed by atoms with E-state index >= 15 is 0 Å². The van der Waals surface area contributed by atoms with Gasteiger partial charge in [0.1, 0.15) is 0 Å². The van der Waals surface area contributed by atoms with E-state index in [-0.39, 0.29) is 41.0 Å². The summed E-state index contributed by atoms with van der Waals surface area (Å²) in [6.45, 7) is 2.01. The van der Waals surface area contributed by atoms with Crippen LogP contribution in [0.1, 0.15) is 29.3 Å². The number of halogens is 1. The quantitative estimate of drug-likeness (QED) is 0.348. The van der Waals surface area contributed by atoms with Crippen LogP contribution in [0.15, 0.2) is 59.1 Å². The van der Waals surface area contributed by atoms with Gasteiger partial charge in [0, 0.05) is 15.4 Å². The van der Waals surface area contributed by atoms with Crippen LogP contribution < -0.4 is 4.90 Å². The van der Waals surface area contributed by atoms with Crippen LogP contribution in [-0.4, -0.2) is 27.9 Å². The van der Waals surface area contributed by atoms with Gasteiger partial charge in [-0.15, -0.1) is 0 Å². The number of nitrogens with zero attached hydrogens (tertiary/aromatic N) is 2. The maximum absolute atomic E-state index is 13.4. The Balaban J connectivity index is 1.26. The smallest absolute Gasteiger partial charge is 0.336 e. The molecule has 0 radical (unpaired) electrons. The number of hydrogen-bond donors (Lipinski definition) is 1. The molecule has 3 aromatic rings. The number of imide groups is 1. The normalized spacial score (nSPS) is 29.6. The third-order valence-corrected chi connectivity index (χ3v) is 9.11. The average molecular weight is 543 g/mol. The van der Waals surface area contributed by atoms with Crippen LogP contribution in [0.3, 0.4) is 0 Å². The van der Waals surface area contributed by atoms with E-state index in [1.807, 2.05) is 25.1 Å². The SMILES string of the molecule is CCc1cc(Br)cc2c(C(=O)O)cc(-c3ccc(N4C(=O)C5C6C=CC(C7CC67)C5C4=O)cc3)nc12. The summed E-state index contributed by atoms with van der Waals surface area (Å²) in [7, 11) is 0. The first-order valence-electron chi connectivity index (χ1n) is 12.4. The molecular weight excluding hydrogens is 520 g/mol. The molecule has 180 valence electrons. The molecule has 1 saturated heterocycles. The van der Waals surface area contributed by atoms with E-state index in [0.29, 0.717) is 40.5 Å². The number of carbonyl (C=O) groups excluding carboxylic acids is 2. The van der Waals surface area contributed by atoms with E-state index in [0.717, 1.165) is 22.0 Å². The number of amides is 2. The van der Waals surface area contributed by atoms with E-state index in [9.17, 15) is 19.5 Å². The number of rotatable bonds is 4. The van der Waals surface area contributed by atoms with E-state index in [2.05, 4.69) is 28.1 Å². The van der Waals surface area contributed by atoms with Crippen molar-refractivity contribution in [3.8, 4) is 11.3 Å². The molecule has 1 N–H and O–H groups in total. The Bertz CT molecular complexity index is 1490. The zero-order valence-corrected chi connectivity index (χ0v) is 21.1. The number of hydrogen-bond acceptors (Lipinski definition) is 4. The Kier molecular flexibility index (Phi) is 4.62. The van der Waals surface area contributed by atoms with Gasteiger partial charge in [0.15, 0.2) is 0 Å². The topological polar surface area (TPSA) is 87.6 Å². The molecular formula is C29H23BrN2O4. The summed E-state index contributed by atoms with van der Waals surface area (Å²) in [5.74, 6) is -0.143. The molecule has 2 bridgehead atoms. The second-order valence-corrected chi connectivity index (χ2v) is 11.3.